The number of carboxylic acids is 1. The number of aliphatic carboxylic acids is 1. The Morgan fingerprint density at radius 1 is 1.39 bits per heavy atom. The molecule has 18 heavy (non-hydrogen) atoms. The van der Waals surface area contributed by atoms with Crippen LogP contribution in [0, 0.1) is 13.8 Å². The number of hydrogen-bond acceptors (Lipinski definition) is 3. The van der Waals surface area contributed by atoms with E-state index in [9.17, 15) is 13.2 Å². The Morgan fingerprint density at radius 2 is 2.00 bits per heavy atom. The summed E-state index contributed by atoms with van der Waals surface area (Å²) < 4.78 is 26.4. The highest BCUT2D eigenvalue weighted by atomic mass is 32.2. The lowest BCUT2D eigenvalue weighted by Gasteiger charge is -2.14. The zero-order valence-corrected chi connectivity index (χ0v) is 11.4. The minimum atomic E-state index is -3.80. The Labute approximate surface area is 107 Å². The summed E-state index contributed by atoms with van der Waals surface area (Å²) in [7, 11) is -3.80. The molecule has 0 aliphatic heterocycles. The Balaban J connectivity index is 3.14. The maximum Gasteiger partial charge on any atom is 0.321 e. The maximum atomic E-state index is 12.1. The molecule has 1 aromatic rings. The number of benzene rings is 1. The van der Waals surface area contributed by atoms with Crippen LogP contribution in [0.25, 0.3) is 0 Å². The van der Waals surface area contributed by atoms with Crippen LogP contribution in [0.3, 0.4) is 0 Å². The number of carbonyl (C=O) groups is 1. The summed E-state index contributed by atoms with van der Waals surface area (Å²) in [5.41, 5.74) is 1.40. The van der Waals surface area contributed by atoms with E-state index in [1.807, 2.05) is 6.07 Å². The summed E-state index contributed by atoms with van der Waals surface area (Å²) >= 11 is 0. The molecule has 0 aliphatic carbocycles. The molecular formula is C12H17NO4S. The minimum Gasteiger partial charge on any atom is -0.480 e. The number of rotatable bonds is 5. The molecule has 1 atom stereocenters. The predicted molar refractivity (Wildman–Crippen MR) is 68.0 cm³/mol. The van der Waals surface area contributed by atoms with Gasteiger partial charge in [-0.1, -0.05) is 19.1 Å². The molecule has 0 spiro atoms. The molecule has 1 rings (SSSR count). The van der Waals surface area contributed by atoms with Gasteiger partial charge >= 0.3 is 5.97 Å². The first-order valence-corrected chi connectivity index (χ1v) is 7.08. The van der Waals surface area contributed by atoms with Crippen molar-refractivity contribution < 1.29 is 18.3 Å². The third-order valence-corrected chi connectivity index (χ3v) is 4.25. The lowest BCUT2D eigenvalue weighted by atomic mass is 10.2. The molecule has 0 bridgehead atoms. The van der Waals surface area contributed by atoms with E-state index in [1.165, 1.54) is 6.07 Å². The molecule has 0 amide bonds. The van der Waals surface area contributed by atoms with Gasteiger partial charge in [-0.15, -0.1) is 0 Å². The van der Waals surface area contributed by atoms with Crippen molar-refractivity contribution in [2.45, 2.75) is 38.1 Å². The van der Waals surface area contributed by atoms with Gasteiger partial charge in [0.25, 0.3) is 0 Å². The highest BCUT2D eigenvalue weighted by molar-refractivity contribution is 7.89. The predicted octanol–water partition coefficient (Wildman–Crippen LogP) is 1.44. The van der Waals surface area contributed by atoms with Gasteiger partial charge in [0.1, 0.15) is 6.04 Å². The van der Waals surface area contributed by atoms with Gasteiger partial charge in [-0.3, -0.25) is 4.79 Å². The Kier molecular flexibility index (Phi) is 4.48. The molecular weight excluding hydrogens is 254 g/mol. The third kappa shape index (κ3) is 3.30. The van der Waals surface area contributed by atoms with Crippen LogP contribution < -0.4 is 4.72 Å². The van der Waals surface area contributed by atoms with Crippen molar-refractivity contribution in [3.63, 3.8) is 0 Å². The van der Waals surface area contributed by atoms with E-state index in [-0.39, 0.29) is 11.3 Å². The van der Waals surface area contributed by atoms with E-state index >= 15 is 0 Å². The fourth-order valence-corrected chi connectivity index (χ4v) is 3.16. The van der Waals surface area contributed by atoms with Gasteiger partial charge in [0.15, 0.2) is 0 Å². The van der Waals surface area contributed by atoms with Crippen molar-refractivity contribution >= 4 is 16.0 Å². The van der Waals surface area contributed by atoms with Crippen LogP contribution in [-0.2, 0) is 14.8 Å². The van der Waals surface area contributed by atoms with E-state index in [1.54, 1.807) is 26.8 Å². The fourth-order valence-electron chi connectivity index (χ4n) is 1.56. The summed E-state index contributed by atoms with van der Waals surface area (Å²) in [6.07, 6.45) is 0.194. The molecule has 0 heterocycles. The molecule has 6 heteroatoms. The second kappa shape index (κ2) is 5.49. The Bertz CT molecular complexity index is 551. The molecule has 100 valence electrons. The van der Waals surface area contributed by atoms with Crippen molar-refractivity contribution in [2.24, 2.45) is 0 Å². The number of sulfonamides is 1. The fraction of sp³-hybridized carbons (Fsp3) is 0.417. The summed E-state index contributed by atoms with van der Waals surface area (Å²) in [5, 5.41) is 8.88. The zero-order valence-electron chi connectivity index (χ0n) is 10.6. The SMILES string of the molecule is CC[C@@H](NS(=O)(=O)c1cc(C)ccc1C)C(=O)O. The van der Waals surface area contributed by atoms with Crippen LogP contribution in [0.5, 0.6) is 0 Å². The molecule has 5 nitrogen and oxygen atoms in total. The lowest BCUT2D eigenvalue weighted by Crippen LogP contribution is -2.40. The van der Waals surface area contributed by atoms with Gasteiger partial charge in [-0.2, -0.15) is 4.72 Å². The van der Waals surface area contributed by atoms with Crippen molar-refractivity contribution in [1.29, 1.82) is 0 Å². The molecule has 1 aromatic carbocycles. The highest BCUT2D eigenvalue weighted by Gasteiger charge is 2.24. The molecule has 0 saturated heterocycles. The number of carboxylic acid groups (broad SMARTS) is 1. The van der Waals surface area contributed by atoms with Crippen LogP contribution in [0.4, 0.5) is 0 Å². The summed E-state index contributed by atoms with van der Waals surface area (Å²) in [5.74, 6) is -1.17. The van der Waals surface area contributed by atoms with Gasteiger partial charge in [0.2, 0.25) is 10.0 Å². The normalized spacial score (nSPS) is 13.3. The second-order valence-electron chi connectivity index (χ2n) is 4.19. The quantitative estimate of drug-likeness (QED) is 0.849. The largest absolute Gasteiger partial charge is 0.480 e. The first kappa shape index (κ1) is 14.7. The molecule has 0 aromatic heterocycles. The number of nitrogens with one attached hydrogen (secondary N) is 1. The van der Waals surface area contributed by atoms with Crippen molar-refractivity contribution in [3.05, 3.63) is 29.3 Å². The van der Waals surface area contributed by atoms with Gasteiger partial charge in [0, 0.05) is 0 Å². The zero-order chi connectivity index (χ0) is 13.9. The standard InChI is InChI=1S/C12H17NO4S/c1-4-10(12(14)15)13-18(16,17)11-7-8(2)5-6-9(11)3/h5-7,10,13H,4H2,1-3H3,(H,14,15)/t10-/m1/s1. The molecule has 0 fully saturated rings. The average Bonchev–Trinajstić information content (AvgIpc) is 2.28. The first-order chi connectivity index (χ1) is 8.27. The number of hydrogen-bond donors (Lipinski definition) is 2. The summed E-state index contributed by atoms with van der Waals surface area (Å²) in [6.45, 7) is 5.08. The Morgan fingerprint density at radius 3 is 2.50 bits per heavy atom. The van der Waals surface area contributed by atoms with E-state index in [2.05, 4.69) is 4.72 Å². The van der Waals surface area contributed by atoms with E-state index in [0.717, 1.165) is 5.56 Å². The third-order valence-electron chi connectivity index (χ3n) is 2.64. The van der Waals surface area contributed by atoms with Gasteiger partial charge in [-0.25, -0.2) is 8.42 Å². The van der Waals surface area contributed by atoms with Crippen molar-refractivity contribution in [1.82, 2.24) is 4.72 Å². The monoisotopic (exact) mass is 271 g/mol. The van der Waals surface area contributed by atoms with Gasteiger partial charge < -0.3 is 5.11 Å². The molecule has 0 radical (unpaired) electrons. The van der Waals surface area contributed by atoms with E-state index in [0.29, 0.717) is 5.56 Å². The first-order valence-electron chi connectivity index (χ1n) is 5.60. The van der Waals surface area contributed by atoms with Crippen molar-refractivity contribution in [3.8, 4) is 0 Å². The van der Waals surface area contributed by atoms with Crippen molar-refractivity contribution in [2.75, 3.05) is 0 Å². The van der Waals surface area contributed by atoms with Crippen LogP contribution in [0.2, 0.25) is 0 Å². The van der Waals surface area contributed by atoms with E-state index in [4.69, 9.17) is 5.11 Å². The molecule has 0 aliphatic rings. The minimum absolute atomic E-state index is 0.127. The number of aryl methyl sites for hydroxylation is 2. The average molecular weight is 271 g/mol. The molecule has 2 N–H and O–H groups in total. The highest BCUT2D eigenvalue weighted by Crippen LogP contribution is 2.17. The lowest BCUT2D eigenvalue weighted by molar-refractivity contribution is -0.139. The Hall–Kier alpha value is -1.40. The van der Waals surface area contributed by atoms with Crippen LogP contribution in [0.15, 0.2) is 23.1 Å². The smallest absolute Gasteiger partial charge is 0.321 e. The molecule has 0 saturated carbocycles. The van der Waals surface area contributed by atoms with Gasteiger partial charge in [-0.05, 0) is 37.5 Å². The topological polar surface area (TPSA) is 83.5 Å². The second-order valence-corrected chi connectivity index (χ2v) is 5.87. The van der Waals surface area contributed by atoms with Crippen LogP contribution in [0.1, 0.15) is 24.5 Å². The van der Waals surface area contributed by atoms with Gasteiger partial charge in [0.05, 0.1) is 4.90 Å². The summed E-state index contributed by atoms with van der Waals surface area (Å²) in [6, 6.07) is 3.94. The summed E-state index contributed by atoms with van der Waals surface area (Å²) in [4.78, 5) is 11.0. The maximum absolute atomic E-state index is 12.1. The van der Waals surface area contributed by atoms with Crippen LogP contribution >= 0.6 is 0 Å². The van der Waals surface area contributed by atoms with E-state index < -0.39 is 22.0 Å². The molecule has 0 unspecified atom stereocenters. The van der Waals surface area contributed by atoms with Crippen LogP contribution in [-0.4, -0.2) is 25.5 Å².